The summed E-state index contributed by atoms with van der Waals surface area (Å²) >= 11 is 0. The fourth-order valence-corrected chi connectivity index (χ4v) is 0. The van der Waals surface area contributed by atoms with Gasteiger partial charge in [-0.1, -0.05) is 0 Å². The summed E-state index contributed by atoms with van der Waals surface area (Å²) in [6, 6.07) is 0. The van der Waals surface area contributed by atoms with Crippen molar-refractivity contribution in [1.29, 1.82) is 0 Å². The van der Waals surface area contributed by atoms with Gasteiger partial charge in [0.15, 0.2) is 0 Å². The van der Waals surface area contributed by atoms with Gasteiger partial charge < -0.3 is 14.6 Å². The molecule has 0 amide bonds. The number of hydrogen-bond donors (Lipinski definition) is 0. The van der Waals surface area contributed by atoms with Gasteiger partial charge in [0, 0.05) is 7.11 Å². The first-order valence-electron chi connectivity index (χ1n) is 3.15. The summed E-state index contributed by atoms with van der Waals surface area (Å²) in [6.07, 6.45) is -5.62. The predicted octanol–water partition coefficient (Wildman–Crippen LogP) is 0.188. The quantitative estimate of drug-likeness (QED) is 0.321. The molecular formula is C6H12F3NO3. The third kappa shape index (κ3) is 8.93. The highest BCUT2D eigenvalue weighted by atomic mass is 19.4. The van der Waals surface area contributed by atoms with Crippen LogP contribution in [0.3, 0.4) is 0 Å². The number of ether oxygens (including phenoxy) is 1. The molecule has 0 unspecified atom stereocenters. The Morgan fingerprint density at radius 2 is 1.46 bits per heavy atom. The van der Waals surface area contributed by atoms with Crippen molar-refractivity contribution in [2.45, 2.75) is 6.30 Å². The Morgan fingerprint density at radius 3 is 1.46 bits per heavy atom. The van der Waals surface area contributed by atoms with Crippen LogP contribution in [0.15, 0.2) is 0 Å². The van der Waals surface area contributed by atoms with Crippen molar-refractivity contribution >= 4 is 6.16 Å². The summed E-state index contributed by atoms with van der Waals surface area (Å²) in [5.74, 6) is 0. The summed E-state index contributed by atoms with van der Waals surface area (Å²) in [6.45, 7) is 0. The highest BCUT2D eigenvalue weighted by Crippen LogP contribution is 2.22. The van der Waals surface area contributed by atoms with E-state index in [2.05, 4.69) is 4.74 Å². The van der Waals surface area contributed by atoms with Gasteiger partial charge in [0.25, 0.3) is 6.16 Å². The molecule has 0 aliphatic rings. The molecule has 0 aromatic carbocycles. The Hall–Kier alpha value is -0.980. The maximum Gasteiger partial charge on any atom is 0.560 e. The first-order chi connectivity index (χ1) is 5.52. The lowest BCUT2D eigenvalue weighted by molar-refractivity contribution is -0.981. The van der Waals surface area contributed by atoms with Crippen molar-refractivity contribution in [2.75, 3.05) is 28.3 Å². The van der Waals surface area contributed by atoms with Crippen LogP contribution >= 0.6 is 0 Å². The standard InChI is InChI=1S/C4H9F3N.C2H4O3/c1-8(2,3)4(5,6)7;1-5-2(3)4/h1-3H3;1H3,(H,3,4)/q+1;/p-1. The van der Waals surface area contributed by atoms with Gasteiger partial charge in [0.2, 0.25) is 0 Å². The van der Waals surface area contributed by atoms with E-state index in [0.29, 0.717) is 0 Å². The van der Waals surface area contributed by atoms with Crippen LogP contribution in [0, 0.1) is 0 Å². The van der Waals surface area contributed by atoms with Gasteiger partial charge in [-0.3, -0.25) is 0 Å². The monoisotopic (exact) mass is 203 g/mol. The largest absolute Gasteiger partial charge is 0.560 e. The van der Waals surface area contributed by atoms with Crippen LogP contribution in [0.4, 0.5) is 18.0 Å². The SMILES string of the molecule is COC(=O)[O-].C[N+](C)(C)C(F)(F)F. The highest BCUT2D eigenvalue weighted by molar-refractivity contribution is 5.53. The Labute approximate surface area is 74.1 Å². The second-order valence-corrected chi connectivity index (χ2v) is 2.93. The molecule has 0 spiro atoms. The molecule has 0 N–H and O–H groups in total. The van der Waals surface area contributed by atoms with E-state index in [4.69, 9.17) is 9.90 Å². The number of methoxy groups -OCH3 is 1. The minimum absolute atomic E-state index is 0.979. The van der Waals surface area contributed by atoms with Crippen molar-refractivity contribution in [1.82, 2.24) is 0 Å². The Bertz CT molecular complexity index is 149. The third-order valence-electron chi connectivity index (χ3n) is 0.927. The average molecular weight is 203 g/mol. The molecule has 4 nitrogen and oxygen atoms in total. The molecule has 0 rings (SSSR count). The molecule has 0 bridgehead atoms. The van der Waals surface area contributed by atoms with E-state index in [1.54, 1.807) is 0 Å². The highest BCUT2D eigenvalue weighted by Gasteiger charge is 2.44. The Morgan fingerprint density at radius 1 is 1.31 bits per heavy atom. The number of hydrogen-bond acceptors (Lipinski definition) is 3. The van der Waals surface area contributed by atoms with Gasteiger partial charge in [-0.25, -0.2) is 4.48 Å². The van der Waals surface area contributed by atoms with Gasteiger partial charge in [-0.05, 0) is 0 Å². The lowest BCUT2D eigenvalue weighted by atomic mass is 10.7. The molecule has 0 aromatic rings. The summed E-state index contributed by atoms with van der Waals surface area (Å²) in [4.78, 5) is 9.03. The van der Waals surface area contributed by atoms with E-state index in [9.17, 15) is 13.2 Å². The van der Waals surface area contributed by atoms with Gasteiger partial charge >= 0.3 is 6.30 Å². The first-order valence-corrected chi connectivity index (χ1v) is 3.15. The van der Waals surface area contributed by atoms with Crippen LogP contribution in [0.1, 0.15) is 0 Å². The molecule has 13 heavy (non-hydrogen) atoms. The summed E-state index contributed by atoms with van der Waals surface area (Å²) in [5.41, 5.74) is 0. The van der Waals surface area contributed by atoms with Crippen molar-refractivity contribution in [3.63, 3.8) is 0 Å². The average Bonchev–Trinajstić information content (AvgIpc) is 1.84. The number of nitrogens with zero attached hydrogens (tertiary/aromatic N) is 1. The number of halogens is 3. The van der Waals surface area contributed by atoms with Crippen LogP contribution in [-0.4, -0.2) is 45.2 Å². The second-order valence-electron chi connectivity index (χ2n) is 2.93. The summed E-state index contributed by atoms with van der Waals surface area (Å²) < 4.78 is 37.2. The molecule has 0 fully saturated rings. The zero-order chi connectivity index (χ0) is 11.3. The maximum absolute atomic E-state index is 11.5. The van der Waals surface area contributed by atoms with E-state index < -0.39 is 16.9 Å². The van der Waals surface area contributed by atoms with Crippen LogP contribution in [0.25, 0.3) is 0 Å². The van der Waals surface area contributed by atoms with E-state index >= 15 is 0 Å². The first kappa shape index (κ1) is 14.5. The number of carboxylic acid groups (broad SMARTS) is 1. The fourth-order valence-electron chi connectivity index (χ4n) is 0. The number of carbonyl (C=O) groups excluding carboxylic acids is 1. The molecule has 0 saturated carbocycles. The number of rotatable bonds is 0. The van der Waals surface area contributed by atoms with E-state index in [1.807, 2.05) is 0 Å². The van der Waals surface area contributed by atoms with Gasteiger partial charge in [0.1, 0.15) is 0 Å². The molecule has 0 saturated heterocycles. The molecule has 7 heteroatoms. The number of carbonyl (C=O) groups is 1. The zero-order valence-corrected chi connectivity index (χ0v) is 7.81. The number of quaternary nitrogens is 1. The Kier molecular flexibility index (Phi) is 5.48. The third-order valence-corrected chi connectivity index (χ3v) is 0.927. The molecule has 0 atom stereocenters. The molecule has 0 aliphatic heterocycles. The number of alkyl halides is 3. The van der Waals surface area contributed by atoms with Gasteiger partial charge in [-0.2, -0.15) is 0 Å². The van der Waals surface area contributed by atoms with E-state index in [-0.39, 0.29) is 0 Å². The van der Waals surface area contributed by atoms with Gasteiger partial charge in [-0.15, -0.1) is 13.2 Å². The topological polar surface area (TPSA) is 49.4 Å². The van der Waals surface area contributed by atoms with Crippen molar-refractivity contribution < 1.29 is 32.3 Å². The zero-order valence-electron chi connectivity index (χ0n) is 7.81. The van der Waals surface area contributed by atoms with Crippen LogP contribution in [0.2, 0.25) is 0 Å². The predicted molar refractivity (Wildman–Crippen MR) is 36.5 cm³/mol. The second kappa shape index (κ2) is 4.90. The molecule has 0 aliphatic carbocycles. The lowest BCUT2D eigenvalue weighted by Gasteiger charge is -2.24. The molecule has 80 valence electrons. The fraction of sp³-hybridized carbons (Fsp3) is 0.833. The lowest BCUT2D eigenvalue weighted by Crippen LogP contribution is -2.47. The normalized spacial score (nSPS) is 11.3. The smallest absolute Gasteiger partial charge is 0.553 e. The van der Waals surface area contributed by atoms with Crippen LogP contribution in [-0.2, 0) is 4.74 Å². The molecular weight excluding hydrogens is 191 g/mol. The summed E-state index contributed by atoms with van der Waals surface area (Å²) in [7, 11) is 4.29. The van der Waals surface area contributed by atoms with Crippen molar-refractivity contribution in [3.8, 4) is 0 Å². The minimum atomic E-state index is -4.12. The van der Waals surface area contributed by atoms with Crippen molar-refractivity contribution in [3.05, 3.63) is 0 Å². The molecule has 0 heterocycles. The minimum Gasteiger partial charge on any atom is -0.553 e. The Balaban J connectivity index is 0. The summed E-state index contributed by atoms with van der Waals surface area (Å²) in [5, 5.41) is 9.03. The van der Waals surface area contributed by atoms with Crippen LogP contribution < -0.4 is 5.11 Å². The van der Waals surface area contributed by atoms with Crippen LogP contribution in [0.5, 0.6) is 0 Å². The molecule has 0 aromatic heterocycles. The maximum atomic E-state index is 11.5. The van der Waals surface area contributed by atoms with Gasteiger partial charge in [0.05, 0.1) is 21.1 Å². The van der Waals surface area contributed by atoms with E-state index in [1.165, 1.54) is 0 Å². The van der Waals surface area contributed by atoms with Crippen molar-refractivity contribution in [2.24, 2.45) is 0 Å². The molecule has 0 radical (unpaired) electrons. The van der Waals surface area contributed by atoms with E-state index in [0.717, 1.165) is 28.3 Å².